The fraction of sp³-hybridized carbons (Fsp3) is 0.129. The summed E-state index contributed by atoms with van der Waals surface area (Å²) in [5.74, 6) is 0.114. The van der Waals surface area contributed by atoms with Crippen molar-refractivity contribution in [2.45, 2.75) is 13.0 Å². The SMILES string of the molecule is C[C@@H](C(=O)N/N=C\c1ccc(OCC(=O)Nc2ccc(F)cc2)cc1)N(c1ccc(Oc2ccccc2)cc1)S(C)(=O)=O. The molecule has 0 aliphatic carbocycles. The van der Waals surface area contributed by atoms with Crippen LogP contribution in [0.4, 0.5) is 15.8 Å². The van der Waals surface area contributed by atoms with Crippen molar-refractivity contribution in [1.29, 1.82) is 0 Å². The number of sulfonamides is 1. The number of nitrogens with one attached hydrogen (secondary N) is 2. The van der Waals surface area contributed by atoms with E-state index in [9.17, 15) is 22.4 Å². The zero-order valence-corrected chi connectivity index (χ0v) is 24.1. The van der Waals surface area contributed by atoms with Crippen LogP contribution in [-0.4, -0.2) is 45.4 Å². The first-order valence-corrected chi connectivity index (χ1v) is 14.9. The summed E-state index contributed by atoms with van der Waals surface area (Å²) in [5.41, 5.74) is 3.72. The maximum absolute atomic E-state index is 13.0. The van der Waals surface area contributed by atoms with Crippen LogP contribution in [0.5, 0.6) is 17.2 Å². The van der Waals surface area contributed by atoms with Crippen LogP contribution in [0.2, 0.25) is 0 Å². The second-order valence-corrected chi connectivity index (χ2v) is 11.2. The van der Waals surface area contributed by atoms with E-state index in [1.165, 1.54) is 37.4 Å². The molecule has 0 unspecified atom stereocenters. The Morgan fingerprint density at radius 2 is 1.49 bits per heavy atom. The van der Waals surface area contributed by atoms with Crippen molar-refractivity contribution in [3.8, 4) is 17.2 Å². The first kappa shape index (κ1) is 30.7. The molecule has 0 fully saturated rings. The van der Waals surface area contributed by atoms with E-state index in [0.29, 0.717) is 28.5 Å². The van der Waals surface area contributed by atoms with Gasteiger partial charge in [0.25, 0.3) is 11.8 Å². The molecule has 0 radical (unpaired) electrons. The van der Waals surface area contributed by atoms with E-state index in [-0.39, 0.29) is 12.3 Å². The average molecular weight is 605 g/mol. The Balaban J connectivity index is 1.30. The number of carbonyl (C=O) groups is 2. The number of amides is 2. The predicted octanol–water partition coefficient (Wildman–Crippen LogP) is 4.94. The number of benzene rings is 4. The Morgan fingerprint density at radius 1 is 0.884 bits per heavy atom. The van der Waals surface area contributed by atoms with Crippen LogP contribution in [0.15, 0.2) is 108 Å². The van der Waals surface area contributed by atoms with Gasteiger partial charge in [0.2, 0.25) is 10.0 Å². The normalized spacial score (nSPS) is 11.9. The minimum absolute atomic E-state index is 0.252. The van der Waals surface area contributed by atoms with Gasteiger partial charge in [-0.1, -0.05) is 18.2 Å². The monoisotopic (exact) mass is 604 g/mol. The summed E-state index contributed by atoms with van der Waals surface area (Å²) < 4.78 is 50.4. The van der Waals surface area contributed by atoms with Gasteiger partial charge in [0.15, 0.2) is 6.61 Å². The van der Waals surface area contributed by atoms with Gasteiger partial charge in [0, 0.05) is 5.69 Å². The molecule has 0 saturated carbocycles. The number of halogens is 1. The van der Waals surface area contributed by atoms with E-state index < -0.39 is 33.7 Å². The molecule has 0 aliphatic rings. The van der Waals surface area contributed by atoms with E-state index in [0.717, 1.165) is 10.6 Å². The van der Waals surface area contributed by atoms with Crippen LogP contribution >= 0.6 is 0 Å². The van der Waals surface area contributed by atoms with Crippen molar-refractivity contribution in [3.63, 3.8) is 0 Å². The smallest absolute Gasteiger partial charge is 0.263 e. The number of ether oxygens (including phenoxy) is 2. The summed E-state index contributed by atoms with van der Waals surface area (Å²) in [7, 11) is -3.82. The Kier molecular flexibility index (Phi) is 10.1. The highest BCUT2D eigenvalue weighted by Crippen LogP contribution is 2.27. The molecule has 10 nitrogen and oxygen atoms in total. The maximum atomic E-state index is 13.0. The quantitative estimate of drug-likeness (QED) is 0.174. The molecule has 2 amide bonds. The van der Waals surface area contributed by atoms with E-state index in [4.69, 9.17) is 9.47 Å². The first-order valence-electron chi connectivity index (χ1n) is 13.0. The van der Waals surface area contributed by atoms with Crippen molar-refractivity contribution < 1.29 is 31.9 Å². The molecule has 0 aliphatic heterocycles. The Bertz CT molecular complexity index is 1660. The lowest BCUT2D eigenvalue weighted by Crippen LogP contribution is -2.46. The number of hydrazone groups is 1. The lowest BCUT2D eigenvalue weighted by molar-refractivity contribution is -0.121. The third kappa shape index (κ3) is 9.13. The number of hydrogen-bond donors (Lipinski definition) is 2. The lowest BCUT2D eigenvalue weighted by atomic mass is 10.2. The highest BCUT2D eigenvalue weighted by atomic mass is 32.2. The van der Waals surface area contributed by atoms with Gasteiger partial charge in [-0.25, -0.2) is 18.2 Å². The molecule has 4 aromatic rings. The third-order valence-electron chi connectivity index (χ3n) is 5.92. The number of carbonyl (C=O) groups excluding carboxylic acids is 2. The number of hydrogen-bond acceptors (Lipinski definition) is 7. The number of anilines is 2. The molecule has 0 spiro atoms. The third-order valence-corrected chi connectivity index (χ3v) is 7.17. The van der Waals surface area contributed by atoms with Crippen LogP contribution in [0.3, 0.4) is 0 Å². The van der Waals surface area contributed by atoms with Crippen molar-refractivity contribution in [2.75, 3.05) is 22.5 Å². The van der Waals surface area contributed by atoms with Gasteiger partial charge >= 0.3 is 0 Å². The summed E-state index contributed by atoms with van der Waals surface area (Å²) in [6.45, 7) is 1.21. The average Bonchev–Trinajstić information content (AvgIpc) is 2.98. The Hall–Kier alpha value is -5.23. The summed E-state index contributed by atoms with van der Waals surface area (Å²) >= 11 is 0. The van der Waals surface area contributed by atoms with E-state index in [1.807, 2.05) is 18.2 Å². The molecule has 4 aromatic carbocycles. The molecule has 43 heavy (non-hydrogen) atoms. The van der Waals surface area contributed by atoms with Gasteiger partial charge in [0.1, 0.15) is 29.1 Å². The molecular weight excluding hydrogens is 575 g/mol. The maximum Gasteiger partial charge on any atom is 0.263 e. The molecule has 1 atom stereocenters. The second-order valence-electron chi connectivity index (χ2n) is 9.29. The van der Waals surface area contributed by atoms with Gasteiger partial charge in [-0.3, -0.25) is 13.9 Å². The van der Waals surface area contributed by atoms with Crippen LogP contribution in [0, 0.1) is 5.82 Å². The Morgan fingerprint density at radius 3 is 2.12 bits per heavy atom. The lowest BCUT2D eigenvalue weighted by Gasteiger charge is -2.27. The highest BCUT2D eigenvalue weighted by Gasteiger charge is 2.29. The summed E-state index contributed by atoms with van der Waals surface area (Å²) in [4.78, 5) is 24.9. The molecule has 0 aromatic heterocycles. The standard InChI is InChI=1S/C31H29FN4O6S/c1-22(36(43(2,39)40)26-14-18-29(19-15-26)42-28-6-4-3-5-7-28)31(38)35-33-20-23-8-16-27(17-9-23)41-21-30(37)34-25-12-10-24(32)11-13-25/h3-20,22H,21H2,1-2H3,(H,34,37)(H,35,38)/b33-20-/t22-/m0/s1. The fourth-order valence-corrected chi connectivity index (χ4v) is 5.06. The second kappa shape index (κ2) is 14.1. The predicted molar refractivity (Wildman–Crippen MR) is 162 cm³/mol. The van der Waals surface area contributed by atoms with Crippen LogP contribution < -0.4 is 24.5 Å². The number of para-hydroxylation sites is 1. The van der Waals surface area contributed by atoms with Gasteiger partial charge in [-0.15, -0.1) is 0 Å². The molecule has 0 heterocycles. The van der Waals surface area contributed by atoms with Crippen molar-refractivity contribution in [2.24, 2.45) is 5.10 Å². The summed E-state index contributed by atoms with van der Waals surface area (Å²) in [6, 6.07) is 26.3. The van der Waals surface area contributed by atoms with E-state index in [2.05, 4.69) is 15.8 Å². The Labute approximate surface area is 248 Å². The van der Waals surface area contributed by atoms with Gasteiger partial charge in [-0.05, 0) is 97.4 Å². The van der Waals surface area contributed by atoms with Crippen molar-refractivity contribution in [3.05, 3.63) is 115 Å². The van der Waals surface area contributed by atoms with Crippen LogP contribution in [0.1, 0.15) is 12.5 Å². The number of rotatable bonds is 12. The van der Waals surface area contributed by atoms with Crippen LogP contribution in [0.25, 0.3) is 0 Å². The molecular formula is C31H29FN4O6S. The fourth-order valence-electron chi connectivity index (χ4n) is 3.89. The minimum Gasteiger partial charge on any atom is -0.484 e. The minimum atomic E-state index is -3.82. The van der Waals surface area contributed by atoms with Gasteiger partial charge in [-0.2, -0.15) is 5.10 Å². The van der Waals surface area contributed by atoms with Gasteiger partial charge in [0.05, 0.1) is 18.2 Å². The molecule has 222 valence electrons. The molecule has 0 bridgehead atoms. The summed E-state index contributed by atoms with van der Waals surface area (Å²) in [5, 5.41) is 6.54. The number of nitrogens with zero attached hydrogens (tertiary/aromatic N) is 2. The largest absolute Gasteiger partial charge is 0.484 e. The zero-order valence-electron chi connectivity index (χ0n) is 23.3. The van der Waals surface area contributed by atoms with E-state index >= 15 is 0 Å². The van der Waals surface area contributed by atoms with Gasteiger partial charge < -0.3 is 14.8 Å². The molecule has 12 heteroatoms. The first-order chi connectivity index (χ1) is 20.6. The van der Waals surface area contributed by atoms with Crippen molar-refractivity contribution >= 4 is 39.4 Å². The van der Waals surface area contributed by atoms with Crippen LogP contribution in [-0.2, 0) is 19.6 Å². The van der Waals surface area contributed by atoms with Crippen molar-refractivity contribution in [1.82, 2.24) is 5.43 Å². The highest BCUT2D eigenvalue weighted by molar-refractivity contribution is 7.92. The molecule has 4 rings (SSSR count). The topological polar surface area (TPSA) is 126 Å². The molecule has 0 saturated heterocycles. The molecule has 2 N–H and O–H groups in total. The zero-order chi connectivity index (χ0) is 30.8. The van der Waals surface area contributed by atoms with E-state index in [1.54, 1.807) is 60.7 Å². The summed E-state index contributed by atoms with van der Waals surface area (Å²) in [6.07, 6.45) is 2.40.